The summed E-state index contributed by atoms with van der Waals surface area (Å²) in [5, 5.41) is 15.1. The Labute approximate surface area is 314 Å². The van der Waals surface area contributed by atoms with Crippen LogP contribution < -0.4 is 0 Å². The van der Waals surface area contributed by atoms with Gasteiger partial charge in [0.1, 0.15) is 0 Å². The van der Waals surface area contributed by atoms with Gasteiger partial charge in [0, 0.05) is 0 Å². The van der Waals surface area contributed by atoms with Gasteiger partial charge in [0.05, 0.1) is 0 Å². The van der Waals surface area contributed by atoms with Crippen LogP contribution in [0.4, 0.5) is 0 Å². The van der Waals surface area contributed by atoms with Crippen LogP contribution in [0.15, 0.2) is 206 Å². The summed E-state index contributed by atoms with van der Waals surface area (Å²) in [5.74, 6) is 0. The van der Waals surface area contributed by atoms with E-state index in [4.69, 9.17) is 0 Å². The van der Waals surface area contributed by atoms with Crippen molar-refractivity contribution in [1.82, 2.24) is 0 Å². The molecule has 0 aliphatic rings. The highest BCUT2D eigenvalue weighted by molar-refractivity contribution is 6.26. The van der Waals surface area contributed by atoms with Crippen LogP contribution in [-0.2, 0) is 0 Å². The first-order chi connectivity index (χ1) is 26.8. The SMILES string of the molecule is c1ccc(-c2ccc3c(-c4cccc5cc6ccc7ccccc7c6cc45)c4cc(-c5ccccc5)ccc4c(-c4ccc5ccccc5c4)c3c2)cc1. The van der Waals surface area contributed by atoms with Gasteiger partial charge < -0.3 is 0 Å². The summed E-state index contributed by atoms with van der Waals surface area (Å²) in [7, 11) is 0. The number of rotatable bonds is 4. The van der Waals surface area contributed by atoms with Gasteiger partial charge in [-0.25, -0.2) is 0 Å². The van der Waals surface area contributed by atoms with Crippen molar-refractivity contribution in [3.8, 4) is 44.5 Å². The lowest BCUT2D eigenvalue weighted by atomic mass is 9.82. The Kier molecular flexibility index (Phi) is 6.97. The molecule has 250 valence electrons. The molecule has 0 aromatic heterocycles. The third-order valence-corrected chi connectivity index (χ3v) is 11.4. The fourth-order valence-electron chi connectivity index (χ4n) is 8.79. The number of fused-ring (bicyclic) bond motifs is 7. The topological polar surface area (TPSA) is 0 Å². The highest BCUT2D eigenvalue weighted by atomic mass is 14.2. The van der Waals surface area contributed by atoms with Crippen LogP contribution in [0, 0.1) is 0 Å². The molecule has 54 heavy (non-hydrogen) atoms. The molecule has 0 bridgehead atoms. The molecule has 0 heterocycles. The highest BCUT2D eigenvalue weighted by Crippen LogP contribution is 2.48. The van der Waals surface area contributed by atoms with E-state index in [0.717, 1.165) is 0 Å². The van der Waals surface area contributed by atoms with Crippen molar-refractivity contribution in [3.05, 3.63) is 206 Å². The Morgan fingerprint density at radius 1 is 0.185 bits per heavy atom. The monoisotopic (exact) mass is 682 g/mol. The van der Waals surface area contributed by atoms with Crippen molar-refractivity contribution in [1.29, 1.82) is 0 Å². The maximum Gasteiger partial charge on any atom is -0.00199 e. The largest absolute Gasteiger partial charge is 0.0622 e. The standard InChI is InChI=1S/C54H34/c1-3-12-35(13-4-1)40-27-29-48-51(32-40)53(44-25-22-37-16-7-8-18-39(37)30-44)47-28-26-41(36-14-5-2-6-15-36)33-52(47)54(48)46-21-11-19-42-31-43-24-23-38-17-9-10-20-45(38)49(43)34-50(42)46/h1-34H. The Morgan fingerprint density at radius 3 is 1.46 bits per heavy atom. The molecule has 11 rings (SSSR count). The van der Waals surface area contributed by atoms with E-state index >= 15 is 0 Å². The molecule has 0 atom stereocenters. The van der Waals surface area contributed by atoms with Gasteiger partial charge in [-0.2, -0.15) is 0 Å². The zero-order valence-corrected chi connectivity index (χ0v) is 29.6. The van der Waals surface area contributed by atoms with E-state index in [0.29, 0.717) is 0 Å². The molecular formula is C54H34. The molecule has 0 amide bonds. The first-order valence-electron chi connectivity index (χ1n) is 18.7. The summed E-state index contributed by atoms with van der Waals surface area (Å²) in [6.07, 6.45) is 0. The van der Waals surface area contributed by atoms with Gasteiger partial charge >= 0.3 is 0 Å². The maximum absolute atomic E-state index is 2.44. The minimum atomic E-state index is 1.21. The molecule has 0 aliphatic heterocycles. The van der Waals surface area contributed by atoms with E-state index in [1.54, 1.807) is 0 Å². The summed E-state index contributed by atoms with van der Waals surface area (Å²) in [6.45, 7) is 0. The summed E-state index contributed by atoms with van der Waals surface area (Å²) in [5.41, 5.74) is 9.87. The smallest absolute Gasteiger partial charge is 0.00199 e. The molecule has 0 spiro atoms. The quantitative estimate of drug-likeness (QED) is 0.128. The fourth-order valence-corrected chi connectivity index (χ4v) is 8.79. The maximum atomic E-state index is 2.44. The molecule has 0 unspecified atom stereocenters. The van der Waals surface area contributed by atoms with Crippen molar-refractivity contribution >= 4 is 64.6 Å². The van der Waals surface area contributed by atoms with Crippen molar-refractivity contribution in [2.75, 3.05) is 0 Å². The van der Waals surface area contributed by atoms with E-state index in [-0.39, 0.29) is 0 Å². The third kappa shape index (κ3) is 4.92. The summed E-state index contributed by atoms with van der Waals surface area (Å²) in [6, 6.07) is 76.4. The molecule has 11 aromatic carbocycles. The fraction of sp³-hybridized carbons (Fsp3) is 0. The first-order valence-corrected chi connectivity index (χ1v) is 18.7. The molecule has 0 nitrogen and oxygen atoms in total. The van der Waals surface area contributed by atoms with Crippen LogP contribution in [0.1, 0.15) is 0 Å². The number of hydrogen-bond donors (Lipinski definition) is 0. The Balaban J connectivity index is 1.31. The van der Waals surface area contributed by atoms with E-state index in [1.807, 2.05) is 0 Å². The molecule has 11 aromatic rings. The molecule has 0 saturated carbocycles. The van der Waals surface area contributed by atoms with Gasteiger partial charge in [-0.05, 0) is 139 Å². The van der Waals surface area contributed by atoms with E-state index in [9.17, 15) is 0 Å². The number of hydrogen-bond acceptors (Lipinski definition) is 0. The molecular weight excluding hydrogens is 649 g/mol. The van der Waals surface area contributed by atoms with Gasteiger partial charge in [-0.1, -0.05) is 176 Å². The van der Waals surface area contributed by atoms with Crippen LogP contribution >= 0.6 is 0 Å². The Hall–Kier alpha value is -7.02. The van der Waals surface area contributed by atoms with Crippen molar-refractivity contribution in [3.63, 3.8) is 0 Å². The molecule has 0 aliphatic carbocycles. The van der Waals surface area contributed by atoms with Gasteiger partial charge in [-0.3, -0.25) is 0 Å². The normalized spacial score (nSPS) is 11.7. The van der Waals surface area contributed by atoms with E-state index in [1.165, 1.54) is 109 Å². The zero-order valence-electron chi connectivity index (χ0n) is 29.6. The molecule has 0 radical (unpaired) electrons. The summed E-state index contributed by atoms with van der Waals surface area (Å²) in [4.78, 5) is 0. The number of benzene rings is 11. The third-order valence-electron chi connectivity index (χ3n) is 11.4. The van der Waals surface area contributed by atoms with Crippen molar-refractivity contribution in [2.24, 2.45) is 0 Å². The lowest BCUT2D eigenvalue weighted by Gasteiger charge is -2.21. The average molecular weight is 683 g/mol. The van der Waals surface area contributed by atoms with Crippen LogP contribution in [0.2, 0.25) is 0 Å². The van der Waals surface area contributed by atoms with Gasteiger partial charge in [0.15, 0.2) is 0 Å². The lowest BCUT2D eigenvalue weighted by Crippen LogP contribution is -1.94. The molecule has 0 fully saturated rings. The average Bonchev–Trinajstić information content (AvgIpc) is 3.24. The van der Waals surface area contributed by atoms with Crippen molar-refractivity contribution in [2.45, 2.75) is 0 Å². The summed E-state index contributed by atoms with van der Waals surface area (Å²) >= 11 is 0. The predicted molar refractivity (Wildman–Crippen MR) is 233 cm³/mol. The van der Waals surface area contributed by atoms with Crippen LogP contribution in [-0.4, -0.2) is 0 Å². The second kappa shape index (κ2) is 12.3. The Morgan fingerprint density at radius 2 is 0.722 bits per heavy atom. The van der Waals surface area contributed by atoms with Crippen LogP contribution in [0.3, 0.4) is 0 Å². The lowest BCUT2D eigenvalue weighted by molar-refractivity contribution is 1.63. The van der Waals surface area contributed by atoms with Gasteiger partial charge in [-0.15, -0.1) is 0 Å². The van der Waals surface area contributed by atoms with Crippen molar-refractivity contribution < 1.29 is 0 Å². The van der Waals surface area contributed by atoms with Crippen LogP contribution in [0.25, 0.3) is 109 Å². The van der Waals surface area contributed by atoms with E-state index in [2.05, 4.69) is 206 Å². The molecule has 0 heteroatoms. The summed E-state index contributed by atoms with van der Waals surface area (Å²) < 4.78 is 0. The van der Waals surface area contributed by atoms with Gasteiger partial charge in [0.2, 0.25) is 0 Å². The minimum absolute atomic E-state index is 1.21. The minimum Gasteiger partial charge on any atom is -0.0622 e. The second-order valence-corrected chi connectivity index (χ2v) is 14.5. The van der Waals surface area contributed by atoms with Gasteiger partial charge in [0.25, 0.3) is 0 Å². The Bertz CT molecular complexity index is 3240. The first kappa shape index (κ1) is 30.6. The molecule has 0 N–H and O–H groups in total. The second-order valence-electron chi connectivity index (χ2n) is 14.5. The highest BCUT2D eigenvalue weighted by Gasteiger charge is 2.20. The predicted octanol–water partition coefficient (Wildman–Crippen LogP) is 15.3. The molecule has 0 saturated heterocycles. The van der Waals surface area contributed by atoms with Crippen LogP contribution in [0.5, 0.6) is 0 Å². The zero-order chi connectivity index (χ0) is 35.6. The van der Waals surface area contributed by atoms with E-state index < -0.39 is 0 Å².